The Bertz CT molecular complexity index is 691. The van der Waals surface area contributed by atoms with Gasteiger partial charge in [-0.25, -0.2) is 4.98 Å². The SMILES string of the molecule is Cc1cc(Nc2ccc(OC(C)C)cc2)nc(N2CCC(C)CC2)n1. The van der Waals surface area contributed by atoms with Gasteiger partial charge in [-0.05, 0) is 63.8 Å². The third-order valence-corrected chi connectivity index (χ3v) is 4.41. The van der Waals surface area contributed by atoms with Crippen molar-refractivity contribution in [1.82, 2.24) is 9.97 Å². The Morgan fingerprint density at radius 3 is 2.44 bits per heavy atom. The van der Waals surface area contributed by atoms with Crippen LogP contribution in [0.1, 0.15) is 39.3 Å². The number of benzene rings is 1. The summed E-state index contributed by atoms with van der Waals surface area (Å²) < 4.78 is 5.69. The molecule has 25 heavy (non-hydrogen) atoms. The Morgan fingerprint density at radius 2 is 1.80 bits per heavy atom. The highest BCUT2D eigenvalue weighted by Gasteiger charge is 2.18. The molecule has 3 rings (SSSR count). The summed E-state index contributed by atoms with van der Waals surface area (Å²) in [5.74, 6) is 3.33. The van der Waals surface area contributed by atoms with Crippen LogP contribution in [0.5, 0.6) is 5.75 Å². The van der Waals surface area contributed by atoms with Gasteiger partial charge in [-0.1, -0.05) is 6.92 Å². The van der Waals surface area contributed by atoms with Crippen LogP contribution < -0.4 is 15.0 Å². The van der Waals surface area contributed by atoms with Crippen LogP contribution in [0.4, 0.5) is 17.5 Å². The summed E-state index contributed by atoms with van der Waals surface area (Å²) in [5.41, 5.74) is 1.97. The Hall–Kier alpha value is -2.30. The average Bonchev–Trinajstić information content (AvgIpc) is 2.56. The lowest BCUT2D eigenvalue weighted by atomic mass is 10.00. The number of rotatable bonds is 5. The molecule has 1 N–H and O–H groups in total. The van der Waals surface area contributed by atoms with Crippen molar-refractivity contribution in [2.75, 3.05) is 23.3 Å². The molecule has 0 amide bonds. The predicted molar refractivity (Wildman–Crippen MR) is 103 cm³/mol. The molecule has 5 heteroatoms. The fraction of sp³-hybridized carbons (Fsp3) is 0.500. The Balaban J connectivity index is 1.72. The molecule has 1 aromatic heterocycles. The van der Waals surface area contributed by atoms with Gasteiger partial charge in [-0.15, -0.1) is 0 Å². The molecule has 0 atom stereocenters. The molecule has 2 heterocycles. The van der Waals surface area contributed by atoms with E-state index in [1.165, 1.54) is 12.8 Å². The minimum absolute atomic E-state index is 0.179. The number of ether oxygens (including phenoxy) is 1. The summed E-state index contributed by atoms with van der Waals surface area (Å²) >= 11 is 0. The molecular formula is C20H28N4O. The van der Waals surface area contributed by atoms with Crippen LogP contribution in [0.25, 0.3) is 0 Å². The molecule has 5 nitrogen and oxygen atoms in total. The summed E-state index contributed by atoms with van der Waals surface area (Å²) in [6.45, 7) is 10.4. The predicted octanol–water partition coefficient (Wildman–Crippen LogP) is 4.55. The van der Waals surface area contributed by atoms with Gasteiger partial charge in [-0.2, -0.15) is 4.98 Å². The van der Waals surface area contributed by atoms with Crippen LogP contribution in [-0.2, 0) is 0 Å². The average molecular weight is 340 g/mol. The second-order valence-corrected chi connectivity index (χ2v) is 7.18. The van der Waals surface area contributed by atoms with Gasteiger partial charge in [-0.3, -0.25) is 0 Å². The van der Waals surface area contributed by atoms with Gasteiger partial charge in [0.1, 0.15) is 11.6 Å². The highest BCUT2D eigenvalue weighted by molar-refractivity contribution is 5.58. The van der Waals surface area contributed by atoms with Crippen molar-refractivity contribution >= 4 is 17.5 Å². The molecule has 0 saturated carbocycles. The van der Waals surface area contributed by atoms with Crippen LogP contribution in [-0.4, -0.2) is 29.2 Å². The fourth-order valence-corrected chi connectivity index (χ4v) is 3.00. The second-order valence-electron chi connectivity index (χ2n) is 7.18. The second kappa shape index (κ2) is 7.72. The van der Waals surface area contributed by atoms with Crippen molar-refractivity contribution in [3.8, 4) is 5.75 Å². The summed E-state index contributed by atoms with van der Waals surface area (Å²) in [4.78, 5) is 11.6. The Labute approximate surface area is 150 Å². The van der Waals surface area contributed by atoms with E-state index in [0.717, 1.165) is 47.9 Å². The van der Waals surface area contributed by atoms with E-state index in [4.69, 9.17) is 9.72 Å². The Morgan fingerprint density at radius 1 is 1.12 bits per heavy atom. The zero-order valence-electron chi connectivity index (χ0n) is 15.6. The molecular weight excluding hydrogens is 312 g/mol. The lowest BCUT2D eigenvalue weighted by molar-refractivity contribution is 0.242. The topological polar surface area (TPSA) is 50.3 Å². The van der Waals surface area contributed by atoms with E-state index in [1.807, 2.05) is 51.1 Å². The summed E-state index contributed by atoms with van der Waals surface area (Å²) in [6, 6.07) is 9.95. The monoisotopic (exact) mass is 340 g/mol. The largest absolute Gasteiger partial charge is 0.491 e. The fourth-order valence-electron chi connectivity index (χ4n) is 3.00. The van der Waals surface area contributed by atoms with E-state index >= 15 is 0 Å². The molecule has 134 valence electrons. The first-order valence-electron chi connectivity index (χ1n) is 9.14. The highest BCUT2D eigenvalue weighted by atomic mass is 16.5. The lowest BCUT2D eigenvalue weighted by Crippen LogP contribution is -2.34. The van der Waals surface area contributed by atoms with E-state index in [9.17, 15) is 0 Å². The summed E-state index contributed by atoms with van der Waals surface area (Å²) in [5, 5.41) is 3.38. The van der Waals surface area contributed by atoms with E-state index in [0.29, 0.717) is 0 Å². The maximum absolute atomic E-state index is 5.69. The molecule has 0 unspecified atom stereocenters. The van der Waals surface area contributed by atoms with Crippen LogP contribution in [0.15, 0.2) is 30.3 Å². The molecule has 1 saturated heterocycles. The van der Waals surface area contributed by atoms with Crippen molar-refractivity contribution < 1.29 is 4.74 Å². The maximum atomic E-state index is 5.69. The van der Waals surface area contributed by atoms with Gasteiger partial charge < -0.3 is 15.0 Å². The molecule has 1 aliphatic heterocycles. The molecule has 0 bridgehead atoms. The molecule has 0 radical (unpaired) electrons. The summed E-state index contributed by atoms with van der Waals surface area (Å²) in [6.07, 6.45) is 2.59. The lowest BCUT2D eigenvalue weighted by Gasteiger charge is -2.30. The van der Waals surface area contributed by atoms with Crippen LogP contribution in [0, 0.1) is 12.8 Å². The smallest absolute Gasteiger partial charge is 0.227 e. The van der Waals surface area contributed by atoms with Gasteiger partial charge in [0.2, 0.25) is 5.95 Å². The number of hydrogen-bond acceptors (Lipinski definition) is 5. The zero-order valence-corrected chi connectivity index (χ0v) is 15.6. The maximum Gasteiger partial charge on any atom is 0.227 e. The minimum atomic E-state index is 0.179. The van der Waals surface area contributed by atoms with Gasteiger partial charge >= 0.3 is 0 Å². The number of hydrogen-bond donors (Lipinski definition) is 1. The molecule has 1 fully saturated rings. The number of nitrogens with zero attached hydrogens (tertiary/aromatic N) is 3. The number of aromatic nitrogens is 2. The molecule has 0 aliphatic carbocycles. The van der Waals surface area contributed by atoms with E-state index in [-0.39, 0.29) is 6.10 Å². The standard InChI is InChI=1S/C20H28N4O/c1-14(2)25-18-7-5-17(6-8-18)22-19-13-16(4)21-20(23-19)24-11-9-15(3)10-12-24/h5-8,13-15H,9-12H2,1-4H3,(H,21,22,23). The van der Waals surface area contributed by atoms with Crippen molar-refractivity contribution in [3.63, 3.8) is 0 Å². The van der Waals surface area contributed by atoms with Gasteiger partial charge in [0.05, 0.1) is 6.10 Å². The number of aryl methyl sites for hydroxylation is 1. The van der Waals surface area contributed by atoms with E-state index in [2.05, 4.69) is 22.1 Å². The first-order chi connectivity index (χ1) is 12.0. The molecule has 1 aliphatic rings. The van der Waals surface area contributed by atoms with Crippen LogP contribution in [0.2, 0.25) is 0 Å². The first-order valence-corrected chi connectivity index (χ1v) is 9.14. The van der Waals surface area contributed by atoms with Gasteiger partial charge in [0.15, 0.2) is 0 Å². The quantitative estimate of drug-likeness (QED) is 0.865. The number of piperidine rings is 1. The van der Waals surface area contributed by atoms with Crippen molar-refractivity contribution in [2.45, 2.75) is 46.6 Å². The first kappa shape index (κ1) is 17.5. The van der Waals surface area contributed by atoms with Crippen molar-refractivity contribution in [1.29, 1.82) is 0 Å². The number of anilines is 3. The van der Waals surface area contributed by atoms with Gasteiger partial charge in [0, 0.05) is 30.5 Å². The molecule has 2 aromatic rings. The third kappa shape index (κ3) is 4.84. The summed E-state index contributed by atoms with van der Waals surface area (Å²) in [7, 11) is 0. The van der Waals surface area contributed by atoms with Gasteiger partial charge in [0.25, 0.3) is 0 Å². The van der Waals surface area contributed by atoms with E-state index < -0.39 is 0 Å². The van der Waals surface area contributed by atoms with Crippen molar-refractivity contribution in [3.05, 3.63) is 36.0 Å². The molecule has 1 aromatic carbocycles. The van der Waals surface area contributed by atoms with Crippen LogP contribution in [0.3, 0.4) is 0 Å². The molecule has 0 spiro atoms. The van der Waals surface area contributed by atoms with Crippen molar-refractivity contribution in [2.24, 2.45) is 5.92 Å². The van der Waals surface area contributed by atoms with Crippen LogP contribution >= 0.6 is 0 Å². The Kier molecular flexibility index (Phi) is 5.41. The minimum Gasteiger partial charge on any atom is -0.491 e. The van der Waals surface area contributed by atoms with E-state index in [1.54, 1.807) is 0 Å². The highest BCUT2D eigenvalue weighted by Crippen LogP contribution is 2.24. The third-order valence-electron chi connectivity index (χ3n) is 4.41. The number of nitrogens with one attached hydrogen (secondary N) is 1. The zero-order chi connectivity index (χ0) is 17.8. The normalized spacial score (nSPS) is 15.5.